The lowest BCUT2D eigenvalue weighted by atomic mass is 10.0. The number of hydrogen-bond acceptors (Lipinski definition) is 4. The van der Waals surface area contributed by atoms with Crippen molar-refractivity contribution < 1.29 is 10.0 Å². The SMILES string of the molecule is CC(C)CC(CO)Nc1ccc(I)cc1[N+](=O)[O-]. The minimum Gasteiger partial charge on any atom is -0.394 e. The summed E-state index contributed by atoms with van der Waals surface area (Å²) >= 11 is 2.04. The van der Waals surface area contributed by atoms with Crippen molar-refractivity contribution in [1.29, 1.82) is 0 Å². The number of aliphatic hydroxyl groups excluding tert-OH is 1. The number of aliphatic hydroxyl groups is 1. The van der Waals surface area contributed by atoms with E-state index in [1.165, 1.54) is 6.07 Å². The molecule has 0 aliphatic rings. The van der Waals surface area contributed by atoms with Gasteiger partial charge in [0.25, 0.3) is 5.69 Å². The molecule has 0 spiro atoms. The number of nitro benzene ring substituents is 1. The monoisotopic (exact) mass is 364 g/mol. The van der Waals surface area contributed by atoms with E-state index in [2.05, 4.69) is 5.32 Å². The average Bonchev–Trinajstić information content (AvgIpc) is 2.29. The Kier molecular flexibility index (Phi) is 5.80. The van der Waals surface area contributed by atoms with Gasteiger partial charge in [0.2, 0.25) is 0 Å². The van der Waals surface area contributed by atoms with E-state index in [1.54, 1.807) is 12.1 Å². The average molecular weight is 364 g/mol. The second-order valence-corrected chi connectivity index (χ2v) is 5.82. The number of benzene rings is 1. The number of halogens is 1. The lowest BCUT2D eigenvalue weighted by molar-refractivity contribution is -0.384. The zero-order valence-electron chi connectivity index (χ0n) is 10.4. The molecule has 100 valence electrons. The van der Waals surface area contributed by atoms with Gasteiger partial charge in [0, 0.05) is 15.7 Å². The number of nitro groups is 1. The molecule has 1 rings (SSSR count). The largest absolute Gasteiger partial charge is 0.394 e. The molecule has 0 radical (unpaired) electrons. The fourth-order valence-corrected chi connectivity index (χ4v) is 2.22. The van der Waals surface area contributed by atoms with E-state index in [9.17, 15) is 15.2 Å². The van der Waals surface area contributed by atoms with Gasteiger partial charge in [0.15, 0.2) is 0 Å². The predicted molar refractivity (Wildman–Crippen MR) is 79.8 cm³/mol. The number of rotatable bonds is 6. The van der Waals surface area contributed by atoms with Crippen LogP contribution in [0.25, 0.3) is 0 Å². The molecule has 0 bridgehead atoms. The summed E-state index contributed by atoms with van der Waals surface area (Å²) in [5, 5.41) is 23.3. The van der Waals surface area contributed by atoms with Gasteiger partial charge < -0.3 is 10.4 Å². The van der Waals surface area contributed by atoms with Gasteiger partial charge in [-0.2, -0.15) is 0 Å². The standard InChI is InChI=1S/C12H17IN2O3/c1-8(2)5-10(7-16)14-11-4-3-9(13)6-12(11)15(17)18/h3-4,6,8,10,14,16H,5,7H2,1-2H3. The zero-order valence-corrected chi connectivity index (χ0v) is 12.5. The van der Waals surface area contributed by atoms with Crippen molar-refractivity contribution in [3.63, 3.8) is 0 Å². The summed E-state index contributed by atoms with van der Waals surface area (Å²) in [6.07, 6.45) is 0.764. The summed E-state index contributed by atoms with van der Waals surface area (Å²) in [5.41, 5.74) is 0.504. The van der Waals surface area contributed by atoms with Crippen LogP contribution >= 0.6 is 22.6 Å². The molecule has 1 atom stereocenters. The van der Waals surface area contributed by atoms with E-state index in [0.29, 0.717) is 11.6 Å². The van der Waals surface area contributed by atoms with Crippen molar-refractivity contribution in [3.05, 3.63) is 31.9 Å². The summed E-state index contributed by atoms with van der Waals surface area (Å²) in [6.45, 7) is 4.06. The number of anilines is 1. The van der Waals surface area contributed by atoms with Crippen molar-refractivity contribution in [3.8, 4) is 0 Å². The van der Waals surface area contributed by atoms with E-state index < -0.39 is 4.92 Å². The highest BCUT2D eigenvalue weighted by atomic mass is 127. The van der Waals surface area contributed by atoms with Crippen LogP contribution in [-0.4, -0.2) is 22.7 Å². The summed E-state index contributed by atoms with van der Waals surface area (Å²) in [7, 11) is 0. The molecule has 0 aliphatic heterocycles. The normalized spacial score (nSPS) is 12.5. The summed E-state index contributed by atoms with van der Waals surface area (Å²) in [4.78, 5) is 10.6. The first-order valence-electron chi connectivity index (χ1n) is 5.75. The molecular formula is C12H17IN2O3. The molecule has 1 aromatic rings. The van der Waals surface area contributed by atoms with Gasteiger partial charge in [-0.1, -0.05) is 13.8 Å². The molecule has 2 N–H and O–H groups in total. The second-order valence-electron chi connectivity index (χ2n) is 4.57. The molecular weight excluding hydrogens is 347 g/mol. The Morgan fingerprint density at radius 2 is 2.17 bits per heavy atom. The van der Waals surface area contributed by atoms with E-state index >= 15 is 0 Å². The van der Waals surface area contributed by atoms with E-state index in [4.69, 9.17) is 0 Å². The van der Waals surface area contributed by atoms with Gasteiger partial charge in [-0.3, -0.25) is 10.1 Å². The van der Waals surface area contributed by atoms with Crippen LogP contribution in [-0.2, 0) is 0 Å². The molecule has 0 saturated heterocycles. The van der Waals surface area contributed by atoms with Gasteiger partial charge in [-0.05, 0) is 47.1 Å². The van der Waals surface area contributed by atoms with Gasteiger partial charge >= 0.3 is 0 Å². The minimum atomic E-state index is -0.408. The highest BCUT2D eigenvalue weighted by molar-refractivity contribution is 14.1. The number of nitrogens with one attached hydrogen (secondary N) is 1. The summed E-state index contributed by atoms with van der Waals surface area (Å²) < 4.78 is 0.814. The number of hydrogen-bond donors (Lipinski definition) is 2. The van der Waals surface area contributed by atoms with Crippen LogP contribution in [0.15, 0.2) is 18.2 Å². The Hall–Kier alpha value is -0.890. The van der Waals surface area contributed by atoms with Crippen LogP contribution in [0.1, 0.15) is 20.3 Å². The first-order valence-corrected chi connectivity index (χ1v) is 6.83. The molecule has 18 heavy (non-hydrogen) atoms. The van der Waals surface area contributed by atoms with Crippen molar-refractivity contribution in [2.24, 2.45) is 5.92 Å². The Balaban J connectivity index is 2.91. The van der Waals surface area contributed by atoms with Crippen molar-refractivity contribution in [1.82, 2.24) is 0 Å². The number of nitrogens with zero attached hydrogens (tertiary/aromatic N) is 1. The Labute approximate surface area is 120 Å². The van der Waals surface area contributed by atoms with Crippen LogP contribution in [0, 0.1) is 19.6 Å². The molecule has 0 aromatic heterocycles. The van der Waals surface area contributed by atoms with Crippen molar-refractivity contribution in [2.45, 2.75) is 26.3 Å². The molecule has 0 amide bonds. The van der Waals surface area contributed by atoms with Crippen molar-refractivity contribution >= 4 is 34.0 Å². The third-order valence-electron chi connectivity index (χ3n) is 2.49. The van der Waals surface area contributed by atoms with Gasteiger partial charge in [-0.25, -0.2) is 0 Å². The molecule has 1 unspecified atom stereocenters. The van der Waals surface area contributed by atoms with E-state index in [-0.39, 0.29) is 18.3 Å². The summed E-state index contributed by atoms with van der Waals surface area (Å²) in [6, 6.07) is 4.85. The highest BCUT2D eigenvalue weighted by Gasteiger charge is 2.17. The van der Waals surface area contributed by atoms with Crippen molar-refractivity contribution in [2.75, 3.05) is 11.9 Å². The molecule has 0 saturated carbocycles. The van der Waals surface area contributed by atoms with Crippen LogP contribution in [0.2, 0.25) is 0 Å². The van der Waals surface area contributed by atoms with Crippen LogP contribution < -0.4 is 5.32 Å². The molecule has 6 heteroatoms. The highest BCUT2D eigenvalue weighted by Crippen LogP contribution is 2.27. The van der Waals surface area contributed by atoms with Crippen LogP contribution in [0.4, 0.5) is 11.4 Å². The fraction of sp³-hybridized carbons (Fsp3) is 0.500. The van der Waals surface area contributed by atoms with E-state index in [0.717, 1.165) is 9.99 Å². The topological polar surface area (TPSA) is 75.4 Å². The van der Waals surface area contributed by atoms with Crippen LogP contribution in [0.5, 0.6) is 0 Å². The quantitative estimate of drug-likeness (QED) is 0.462. The Bertz CT molecular complexity index is 424. The molecule has 0 fully saturated rings. The first kappa shape index (κ1) is 15.2. The molecule has 0 aliphatic carbocycles. The Morgan fingerprint density at radius 3 is 2.67 bits per heavy atom. The third-order valence-corrected chi connectivity index (χ3v) is 3.16. The lowest BCUT2D eigenvalue weighted by Gasteiger charge is -2.19. The lowest BCUT2D eigenvalue weighted by Crippen LogP contribution is -2.26. The van der Waals surface area contributed by atoms with E-state index in [1.807, 2.05) is 36.4 Å². The smallest absolute Gasteiger partial charge is 0.293 e. The zero-order chi connectivity index (χ0) is 13.7. The molecule has 5 nitrogen and oxygen atoms in total. The third kappa shape index (κ3) is 4.41. The fourth-order valence-electron chi connectivity index (χ4n) is 1.75. The predicted octanol–water partition coefficient (Wildman–Crippen LogP) is 3.02. The van der Waals surface area contributed by atoms with Gasteiger partial charge in [0.05, 0.1) is 11.5 Å². The Morgan fingerprint density at radius 1 is 1.50 bits per heavy atom. The maximum atomic E-state index is 11.0. The summed E-state index contributed by atoms with van der Waals surface area (Å²) in [5.74, 6) is 0.414. The molecule has 1 aromatic carbocycles. The maximum absolute atomic E-state index is 11.0. The first-order chi connectivity index (χ1) is 8.43. The molecule has 0 heterocycles. The minimum absolute atomic E-state index is 0.0404. The van der Waals surface area contributed by atoms with Crippen LogP contribution in [0.3, 0.4) is 0 Å². The maximum Gasteiger partial charge on any atom is 0.293 e. The van der Waals surface area contributed by atoms with Gasteiger partial charge in [0.1, 0.15) is 5.69 Å². The second kappa shape index (κ2) is 6.89. The van der Waals surface area contributed by atoms with Gasteiger partial charge in [-0.15, -0.1) is 0 Å².